The summed E-state index contributed by atoms with van der Waals surface area (Å²) in [6.07, 6.45) is 10.4. The van der Waals surface area contributed by atoms with E-state index in [1.807, 2.05) is 0 Å². The lowest BCUT2D eigenvalue weighted by Gasteiger charge is -2.57. The Morgan fingerprint density at radius 1 is 1.18 bits per heavy atom. The van der Waals surface area contributed by atoms with Crippen LogP contribution in [0.25, 0.3) is 0 Å². The smallest absolute Gasteiger partial charge is 0.306 e. The maximum absolute atomic E-state index is 12.2. The molecule has 0 aromatic rings. The first-order chi connectivity index (χ1) is 13.3. The van der Waals surface area contributed by atoms with Gasteiger partial charge in [0, 0.05) is 30.6 Å². The summed E-state index contributed by atoms with van der Waals surface area (Å²) in [5, 5.41) is 10.2. The fraction of sp³-hybridized carbons (Fsp3) is 0.750. The van der Waals surface area contributed by atoms with Gasteiger partial charge in [-0.2, -0.15) is 0 Å². The fourth-order valence-corrected chi connectivity index (χ4v) is 8.63. The zero-order valence-electron chi connectivity index (χ0n) is 16.9. The Bertz CT molecular complexity index is 855. The van der Waals surface area contributed by atoms with Crippen molar-refractivity contribution in [2.75, 3.05) is 6.61 Å². The molecule has 1 aliphatic heterocycles. The number of hydrogen-bond acceptors (Lipinski definition) is 4. The molecule has 1 heterocycles. The van der Waals surface area contributed by atoms with Crippen molar-refractivity contribution < 1.29 is 19.4 Å². The largest absolute Gasteiger partial charge is 0.458 e. The van der Waals surface area contributed by atoms with E-state index >= 15 is 0 Å². The van der Waals surface area contributed by atoms with Gasteiger partial charge >= 0.3 is 5.97 Å². The Balaban J connectivity index is 1.47. The number of carbonyl (C=O) groups excluding carboxylic acids is 2. The van der Waals surface area contributed by atoms with E-state index in [9.17, 15) is 14.7 Å². The minimum Gasteiger partial charge on any atom is -0.458 e. The number of ether oxygens (including phenoxy) is 1. The molecule has 4 heteroatoms. The van der Waals surface area contributed by atoms with E-state index in [-0.39, 0.29) is 29.0 Å². The van der Waals surface area contributed by atoms with E-state index in [0.29, 0.717) is 54.6 Å². The van der Waals surface area contributed by atoms with Gasteiger partial charge in [-0.15, -0.1) is 0 Å². The molecule has 150 valence electrons. The second kappa shape index (κ2) is 5.19. The summed E-state index contributed by atoms with van der Waals surface area (Å²) < 4.78 is 6.12. The average molecular weight is 383 g/mol. The number of ketones is 1. The van der Waals surface area contributed by atoms with Crippen LogP contribution in [0.3, 0.4) is 0 Å². The first-order valence-electron chi connectivity index (χ1n) is 11.1. The molecule has 5 aliphatic carbocycles. The van der Waals surface area contributed by atoms with E-state index in [1.165, 1.54) is 12.0 Å². The second-order valence-corrected chi connectivity index (χ2v) is 10.8. The third kappa shape index (κ3) is 1.82. The standard InChI is InChI=1S/C24H30O4/c1-22-6-3-14(26)10-18(22)13(12-25)9-15-17(22)4-7-23(2)21(15)16-11-19(16)24(23)8-5-20(27)28-24/h4,7,15-17,19,21,25H,3,5-6,8-12H2,1-2H3/t15?,16-,17?,19?,21?,22-,23+,24+/m1/s1. The van der Waals surface area contributed by atoms with Gasteiger partial charge in [0.15, 0.2) is 0 Å². The predicted molar refractivity (Wildman–Crippen MR) is 103 cm³/mol. The first-order valence-corrected chi connectivity index (χ1v) is 11.1. The van der Waals surface area contributed by atoms with Gasteiger partial charge in [0.25, 0.3) is 0 Å². The monoisotopic (exact) mass is 382 g/mol. The van der Waals surface area contributed by atoms with Crippen LogP contribution in [0, 0.1) is 40.4 Å². The molecule has 0 bridgehead atoms. The molecule has 6 aliphatic rings. The minimum absolute atomic E-state index is 0.0147. The Kier molecular flexibility index (Phi) is 3.23. The van der Waals surface area contributed by atoms with E-state index in [0.717, 1.165) is 24.8 Å². The highest BCUT2D eigenvalue weighted by molar-refractivity contribution is 5.83. The van der Waals surface area contributed by atoms with Crippen molar-refractivity contribution in [3.63, 3.8) is 0 Å². The molecule has 0 aromatic carbocycles. The van der Waals surface area contributed by atoms with Crippen LogP contribution in [0.5, 0.6) is 0 Å². The van der Waals surface area contributed by atoms with Crippen LogP contribution >= 0.6 is 0 Å². The van der Waals surface area contributed by atoms with Crippen molar-refractivity contribution >= 4 is 11.8 Å². The van der Waals surface area contributed by atoms with E-state index in [2.05, 4.69) is 26.0 Å². The average Bonchev–Trinajstić information content (AvgIpc) is 3.30. The van der Waals surface area contributed by atoms with Gasteiger partial charge in [-0.05, 0) is 60.3 Å². The van der Waals surface area contributed by atoms with Crippen LogP contribution in [0.2, 0.25) is 0 Å². The molecular formula is C24H30O4. The number of aliphatic hydroxyl groups is 1. The van der Waals surface area contributed by atoms with E-state index in [1.54, 1.807) is 0 Å². The number of Topliss-reactive ketones (excluding diaryl/α,β-unsaturated/α-hetero) is 1. The maximum Gasteiger partial charge on any atom is 0.306 e. The minimum atomic E-state index is -0.298. The maximum atomic E-state index is 12.2. The SMILES string of the molecule is C[C@]12CCC(=O)CC1=C(CO)CC1C2C=C[C@@]2(C)C1[C@@H]1CC1[C@@]21CCC(=O)O1. The molecule has 0 aromatic heterocycles. The highest BCUT2D eigenvalue weighted by Crippen LogP contribution is 2.77. The Hall–Kier alpha value is -1.42. The lowest BCUT2D eigenvalue weighted by Crippen LogP contribution is -2.54. The molecular weight excluding hydrogens is 352 g/mol. The molecule has 4 unspecified atom stereocenters. The number of rotatable bonds is 1. The third-order valence-electron chi connectivity index (χ3n) is 9.90. The van der Waals surface area contributed by atoms with Crippen molar-refractivity contribution in [1.82, 2.24) is 0 Å². The van der Waals surface area contributed by atoms with Gasteiger partial charge in [-0.25, -0.2) is 0 Å². The fourth-order valence-electron chi connectivity index (χ4n) is 8.63. The molecule has 1 spiro atoms. The summed E-state index contributed by atoms with van der Waals surface area (Å²) in [7, 11) is 0. The molecule has 4 fully saturated rings. The summed E-state index contributed by atoms with van der Waals surface area (Å²) >= 11 is 0. The molecule has 4 nitrogen and oxygen atoms in total. The molecule has 3 saturated carbocycles. The highest BCUT2D eigenvalue weighted by Gasteiger charge is 2.78. The van der Waals surface area contributed by atoms with Crippen molar-refractivity contribution in [3.05, 3.63) is 23.3 Å². The number of esters is 1. The predicted octanol–water partition coefficient (Wildman–Crippen LogP) is 3.59. The van der Waals surface area contributed by atoms with Crippen LogP contribution in [0.4, 0.5) is 0 Å². The second-order valence-electron chi connectivity index (χ2n) is 10.8. The molecule has 1 saturated heterocycles. The van der Waals surface area contributed by atoms with Gasteiger partial charge in [-0.3, -0.25) is 9.59 Å². The zero-order valence-corrected chi connectivity index (χ0v) is 16.9. The van der Waals surface area contributed by atoms with Crippen molar-refractivity contribution in [2.45, 2.75) is 64.4 Å². The molecule has 28 heavy (non-hydrogen) atoms. The normalized spacial score (nSPS) is 53.6. The molecule has 8 atom stereocenters. The lowest BCUT2D eigenvalue weighted by atomic mass is 9.47. The number of hydrogen-bond donors (Lipinski definition) is 1. The van der Waals surface area contributed by atoms with Crippen LogP contribution in [0.1, 0.15) is 58.8 Å². The summed E-state index contributed by atoms with van der Waals surface area (Å²) in [5.74, 6) is 2.87. The quantitative estimate of drug-likeness (QED) is 0.556. The van der Waals surface area contributed by atoms with Crippen LogP contribution in [0.15, 0.2) is 23.3 Å². The number of fused-ring (bicyclic) bond motifs is 9. The number of aliphatic hydroxyl groups excluding tert-OH is 1. The molecule has 0 radical (unpaired) electrons. The van der Waals surface area contributed by atoms with Crippen LogP contribution in [-0.4, -0.2) is 29.1 Å². The Morgan fingerprint density at radius 3 is 2.71 bits per heavy atom. The zero-order chi connectivity index (χ0) is 19.5. The molecule has 0 amide bonds. The van der Waals surface area contributed by atoms with Crippen LogP contribution in [-0.2, 0) is 14.3 Å². The summed E-state index contributed by atoms with van der Waals surface area (Å²) in [5.41, 5.74) is 1.95. The van der Waals surface area contributed by atoms with Crippen molar-refractivity contribution in [3.8, 4) is 0 Å². The number of carbonyl (C=O) groups is 2. The Morgan fingerprint density at radius 2 is 2.00 bits per heavy atom. The van der Waals surface area contributed by atoms with E-state index in [4.69, 9.17) is 4.74 Å². The van der Waals surface area contributed by atoms with Crippen molar-refractivity contribution in [2.24, 2.45) is 40.4 Å². The summed E-state index contributed by atoms with van der Waals surface area (Å²) in [4.78, 5) is 24.3. The Labute approximate surface area is 166 Å². The first kappa shape index (κ1) is 17.4. The number of allylic oxidation sites excluding steroid dienone is 2. The van der Waals surface area contributed by atoms with Crippen LogP contribution < -0.4 is 0 Å². The topological polar surface area (TPSA) is 63.6 Å². The van der Waals surface area contributed by atoms with Gasteiger partial charge in [0.2, 0.25) is 0 Å². The lowest BCUT2D eigenvalue weighted by molar-refractivity contribution is -0.161. The van der Waals surface area contributed by atoms with Gasteiger partial charge in [0.1, 0.15) is 11.4 Å². The summed E-state index contributed by atoms with van der Waals surface area (Å²) in [6, 6.07) is 0. The molecule has 6 rings (SSSR count). The van der Waals surface area contributed by atoms with Gasteiger partial charge < -0.3 is 9.84 Å². The summed E-state index contributed by atoms with van der Waals surface area (Å²) in [6.45, 7) is 4.74. The molecule has 1 N–H and O–H groups in total. The van der Waals surface area contributed by atoms with E-state index < -0.39 is 0 Å². The van der Waals surface area contributed by atoms with Crippen molar-refractivity contribution in [1.29, 1.82) is 0 Å². The van der Waals surface area contributed by atoms with Gasteiger partial charge in [0.05, 0.1) is 6.61 Å². The third-order valence-corrected chi connectivity index (χ3v) is 9.90. The highest BCUT2D eigenvalue weighted by atomic mass is 16.6. The van der Waals surface area contributed by atoms with Gasteiger partial charge in [-0.1, -0.05) is 31.6 Å².